The monoisotopic (exact) mass is 216 g/mol. The molecule has 0 bridgehead atoms. The van der Waals surface area contributed by atoms with Gasteiger partial charge in [0.1, 0.15) is 0 Å². The summed E-state index contributed by atoms with van der Waals surface area (Å²) in [6, 6.07) is 0. The third-order valence-corrected chi connectivity index (χ3v) is 4.20. The van der Waals surface area contributed by atoms with E-state index in [4.69, 9.17) is 11.6 Å². The van der Waals surface area contributed by atoms with Crippen molar-refractivity contribution in [3.63, 3.8) is 0 Å². The van der Waals surface area contributed by atoms with Crippen LogP contribution in [0.15, 0.2) is 0 Å². The van der Waals surface area contributed by atoms with E-state index in [0.29, 0.717) is 5.38 Å². The molecule has 1 rings (SSSR count). The zero-order valence-electron chi connectivity index (χ0n) is 9.77. The maximum absolute atomic E-state index is 6.38. The lowest BCUT2D eigenvalue weighted by molar-refractivity contribution is 0.244. The zero-order chi connectivity index (χ0) is 10.4. The second kappa shape index (κ2) is 6.71. The third-order valence-electron chi connectivity index (χ3n) is 3.62. The number of hydrogen-bond acceptors (Lipinski definition) is 0. The van der Waals surface area contributed by atoms with Crippen molar-refractivity contribution >= 4 is 11.6 Å². The molecule has 0 heterocycles. The number of unbranched alkanes of at least 4 members (excludes halogenated alkanes) is 1. The summed E-state index contributed by atoms with van der Waals surface area (Å²) in [6.45, 7) is 4.57. The molecule has 3 atom stereocenters. The van der Waals surface area contributed by atoms with Crippen LogP contribution in [0.25, 0.3) is 0 Å². The van der Waals surface area contributed by atoms with Crippen molar-refractivity contribution in [2.24, 2.45) is 11.8 Å². The molecule has 0 spiro atoms. The first-order chi connectivity index (χ1) is 6.77. The Balaban J connectivity index is 2.30. The normalized spacial score (nSPS) is 33.2. The third kappa shape index (κ3) is 3.81. The molecule has 0 aromatic carbocycles. The topological polar surface area (TPSA) is 0 Å². The molecule has 0 nitrogen and oxygen atoms in total. The molecular weight excluding hydrogens is 192 g/mol. The van der Waals surface area contributed by atoms with Gasteiger partial charge in [-0.3, -0.25) is 0 Å². The first-order valence-corrected chi connectivity index (χ1v) is 6.85. The van der Waals surface area contributed by atoms with Crippen molar-refractivity contribution in [3.05, 3.63) is 0 Å². The molecule has 1 aliphatic carbocycles. The van der Waals surface area contributed by atoms with E-state index in [1.165, 1.54) is 51.4 Å². The van der Waals surface area contributed by atoms with Gasteiger partial charge in [0.2, 0.25) is 0 Å². The molecule has 0 aromatic rings. The maximum Gasteiger partial charge on any atom is 0.0364 e. The Morgan fingerprint density at radius 2 is 1.86 bits per heavy atom. The van der Waals surface area contributed by atoms with Crippen molar-refractivity contribution < 1.29 is 0 Å². The Morgan fingerprint density at radius 1 is 1.07 bits per heavy atom. The minimum Gasteiger partial charge on any atom is -0.123 e. The van der Waals surface area contributed by atoms with E-state index in [1.54, 1.807) is 0 Å². The lowest BCUT2D eigenvalue weighted by atomic mass is 9.77. The summed E-state index contributed by atoms with van der Waals surface area (Å²) in [5, 5.41) is 0.481. The summed E-state index contributed by atoms with van der Waals surface area (Å²) in [5.74, 6) is 1.80. The van der Waals surface area contributed by atoms with Crippen LogP contribution < -0.4 is 0 Å². The van der Waals surface area contributed by atoms with E-state index in [1.807, 2.05) is 0 Å². The highest BCUT2D eigenvalue weighted by Gasteiger charge is 2.27. The summed E-state index contributed by atoms with van der Waals surface area (Å²) in [6.07, 6.45) is 10.9. The number of rotatable bonds is 5. The summed E-state index contributed by atoms with van der Waals surface area (Å²) >= 11 is 6.38. The average Bonchev–Trinajstić information content (AvgIpc) is 2.19. The predicted octanol–water partition coefficient (Wildman–Crippen LogP) is 5.00. The fourth-order valence-electron chi connectivity index (χ4n) is 2.76. The van der Waals surface area contributed by atoms with Crippen molar-refractivity contribution in [1.29, 1.82) is 0 Å². The van der Waals surface area contributed by atoms with Gasteiger partial charge in [0.05, 0.1) is 0 Å². The first kappa shape index (κ1) is 12.4. The molecule has 3 unspecified atom stereocenters. The summed E-state index contributed by atoms with van der Waals surface area (Å²) in [5.41, 5.74) is 0. The van der Waals surface area contributed by atoms with Crippen LogP contribution in [0.3, 0.4) is 0 Å². The lowest BCUT2D eigenvalue weighted by Crippen LogP contribution is -2.25. The lowest BCUT2D eigenvalue weighted by Gasteiger charge is -2.33. The molecule has 1 aliphatic rings. The summed E-state index contributed by atoms with van der Waals surface area (Å²) in [4.78, 5) is 0. The van der Waals surface area contributed by atoms with E-state index in [-0.39, 0.29) is 0 Å². The molecule has 0 amide bonds. The van der Waals surface area contributed by atoms with Crippen LogP contribution in [0.5, 0.6) is 0 Å². The van der Waals surface area contributed by atoms with Gasteiger partial charge < -0.3 is 0 Å². The molecule has 1 fully saturated rings. The summed E-state index contributed by atoms with van der Waals surface area (Å²) in [7, 11) is 0. The van der Waals surface area contributed by atoms with Crippen LogP contribution in [-0.4, -0.2) is 5.38 Å². The molecule has 0 N–H and O–H groups in total. The van der Waals surface area contributed by atoms with Crippen LogP contribution in [0.1, 0.15) is 65.2 Å². The minimum atomic E-state index is 0.481. The Hall–Kier alpha value is 0.290. The largest absolute Gasteiger partial charge is 0.123 e. The smallest absolute Gasteiger partial charge is 0.0364 e. The number of hydrogen-bond donors (Lipinski definition) is 0. The quantitative estimate of drug-likeness (QED) is 0.568. The van der Waals surface area contributed by atoms with Crippen LogP contribution >= 0.6 is 11.6 Å². The highest BCUT2D eigenvalue weighted by Crippen LogP contribution is 2.37. The summed E-state index contributed by atoms with van der Waals surface area (Å²) < 4.78 is 0. The van der Waals surface area contributed by atoms with Crippen LogP contribution in [0.2, 0.25) is 0 Å². The van der Waals surface area contributed by atoms with Gasteiger partial charge >= 0.3 is 0 Å². The Morgan fingerprint density at radius 3 is 2.50 bits per heavy atom. The molecule has 0 aliphatic heterocycles. The van der Waals surface area contributed by atoms with E-state index >= 15 is 0 Å². The highest BCUT2D eigenvalue weighted by atomic mass is 35.5. The molecule has 1 heteroatoms. The minimum absolute atomic E-state index is 0.481. The van der Waals surface area contributed by atoms with Gasteiger partial charge in [0.15, 0.2) is 0 Å². The van der Waals surface area contributed by atoms with Crippen molar-refractivity contribution in [3.8, 4) is 0 Å². The van der Waals surface area contributed by atoms with E-state index in [2.05, 4.69) is 13.8 Å². The molecule has 1 saturated carbocycles. The molecule has 84 valence electrons. The number of halogens is 1. The average molecular weight is 217 g/mol. The van der Waals surface area contributed by atoms with Gasteiger partial charge in [-0.15, -0.1) is 11.6 Å². The SMILES string of the molecule is CCCCC1CC(CCC)CCC1Cl. The highest BCUT2D eigenvalue weighted by molar-refractivity contribution is 6.20. The fourth-order valence-corrected chi connectivity index (χ4v) is 3.11. The standard InChI is InChI=1S/C13H25Cl/c1-3-5-7-12-10-11(6-4-2)8-9-13(12)14/h11-13H,3-10H2,1-2H3. The van der Waals surface area contributed by atoms with E-state index in [0.717, 1.165) is 11.8 Å². The Labute approximate surface area is 94.4 Å². The van der Waals surface area contributed by atoms with E-state index < -0.39 is 0 Å². The second-order valence-electron chi connectivity index (χ2n) is 4.89. The van der Waals surface area contributed by atoms with Crippen LogP contribution in [-0.2, 0) is 0 Å². The van der Waals surface area contributed by atoms with Gasteiger partial charge in [-0.25, -0.2) is 0 Å². The van der Waals surface area contributed by atoms with Crippen LogP contribution in [0, 0.1) is 11.8 Å². The van der Waals surface area contributed by atoms with Gasteiger partial charge in [-0.2, -0.15) is 0 Å². The van der Waals surface area contributed by atoms with Crippen LogP contribution in [0.4, 0.5) is 0 Å². The zero-order valence-corrected chi connectivity index (χ0v) is 10.5. The van der Waals surface area contributed by atoms with Crippen molar-refractivity contribution in [2.75, 3.05) is 0 Å². The maximum atomic E-state index is 6.38. The molecular formula is C13H25Cl. The fraction of sp³-hybridized carbons (Fsp3) is 1.00. The number of alkyl halides is 1. The van der Waals surface area contributed by atoms with E-state index in [9.17, 15) is 0 Å². The van der Waals surface area contributed by atoms with Gasteiger partial charge in [-0.1, -0.05) is 39.5 Å². The Bertz CT molecular complexity index is 144. The molecule has 0 aromatic heterocycles. The predicted molar refractivity (Wildman–Crippen MR) is 64.9 cm³/mol. The molecule has 0 radical (unpaired) electrons. The molecule has 0 saturated heterocycles. The second-order valence-corrected chi connectivity index (χ2v) is 5.45. The Kier molecular flexibility index (Phi) is 5.93. The van der Waals surface area contributed by atoms with Crippen molar-refractivity contribution in [1.82, 2.24) is 0 Å². The van der Waals surface area contributed by atoms with Gasteiger partial charge in [0.25, 0.3) is 0 Å². The first-order valence-electron chi connectivity index (χ1n) is 6.42. The van der Waals surface area contributed by atoms with Gasteiger partial charge in [-0.05, 0) is 37.5 Å². The van der Waals surface area contributed by atoms with Crippen molar-refractivity contribution in [2.45, 2.75) is 70.6 Å². The van der Waals surface area contributed by atoms with Gasteiger partial charge in [0, 0.05) is 5.38 Å². The molecule has 14 heavy (non-hydrogen) atoms.